The van der Waals surface area contributed by atoms with Crippen molar-refractivity contribution in [1.82, 2.24) is 0 Å². The van der Waals surface area contributed by atoms with E-state index in [0.29, 0.717) is 0 Å². The van der Waals surface area contributed by atoms with Crippen LogP contribution >= 0.6 is 0 Å². The van der Waals surface area contributed by atoms with Crippen molar-refractivity contribution in [2.45, 2.75) is 13.1 Å². The van der Waals surface area contributed by atoms with Gasteiger partial charge in [-0.1, -0.05) is 147 Å². The van der Waals surface area contributed by atoms with Crippen molar-refractivity contribution in [3.05, 3.63) is 206 Å². The summed E-state index contributed by atoms with van der Waals surface area (Å²) in [5.74, 6) is 0. The summed E-state index contributed by atoms with van der Waals surface area (Å²) in [4.78, 5) is 4.79. The predicted octanol–water partition coefficient (Wildman–Crippen LogP) is 14.8. The maximum atomic E-state index is 6.66. The third-order valence-electron chi connectivity index (χ3n) is 12.8. The molecular weight excluding hydrogens is 745 g/mol. The summed E-state index contributed by atoms with van der Waals surface area (Å²) < 4.78 is 6.66. The monoisotopic (exact) mass is 784 g/mol. The molecule has 0 spiro atoms. The van der Waals surface area contributed by atoms with E-state index in [9.17, 15) is 0 Å². The highest BCUT2D eigenvalue weighted by Gasteiger charge is 2.37. The highest BCUT2D eigenvalue weighted by atomic mass is 28.3. The Morgan fingerprint density at radius 2 is 0.900 bits per heavy atom. The molecule has 2 heterocycles. The van der Waals surface area contributed by atoms with Gasteiger partial charge in [0.1, 0.15) is 13.7 Å². The third kappa shape index (κ3) is 5.14. The maximum Gasteiger partial charge on any atom is 0.159 e. The quantitative estimate of drug-likeness (QED) is 0.124. The Hall–Kier alpha value is -7.40. The Bertz CT molecular complexity index is 3430. The summed E-state index contributed by atoms with van der Waals surface area (Å²) in [6.45, 7) is 5.06. The molecule has 0 atom stereocenters. The van der Waals surface area contributed by atoms with Crippen molar-refractivity contribution >= 4 is 107 Å². The summed E-state index contributed by atoms with van der Waals surface area (Å²) in [5, 5.41) is 12.9. The Morgan fingerprint density at radius 3 is 1.60 bits per heavy atom. The fraction of sp³-hybridized carbons (Fsp3) is 0.0357. The minimum Gasteiger partial charge on any atom is -0.454 e. The molecule has 4 heteroatoms. The molecule has 0 amide bonds. The van der Waals surface area contributed by atoms with Gasteiger partial charge in [0, 0.05) is 38.9 Å². The second-order valence-corrected chi connectivity index (χ2v) is 20.8. The van der Waals surface area contributed by atoms with Crippen LogP contribution < -0.4 is 20.2 Å². The largest absolute Gasteiger partial charge is 0.454 e. The number of benzene rings is 10. The first-order valence-corrected chi connectivity index (χ1v) is 23.8. The maximum absolute atomic E-state index is 6.66. The molecule has 11 aromatic rings. The van der Waals surface area contributed by atoms with E-state index in [1.54, 1.807) is 0 Å². The Morgan fingerprint density at radius 1 is 0.350 bits per heavy atom. The van der Waals surface area contributed by atoms with Crippen LogP contribution in [0, 0.1) is 0 Å². The zero-order chi connectivity index (χ0) is 40.0. The molecule has 1 aliphatic rings. The Balaban J connectivity index is 1.10. The van der Waals surface area contributed by atoms with Gasteiger partial charge in [-0.05, 0) is 121 Å². The fourth-order valence-corrected chi connectivity index (χ4v) is 13.1. The average molecular weight is 785 g/mol. The van der Waals surface area contributed by atoms with Crippen molar-refractivity contribution in [1.29, 1.82) is 0 Å². The molecule has 1 aliphatic heterocycles. The smallest absolute Gasteiger partial charge is 0.159 e. The van der Waals surface area contributed by atoms with Crippen LogP contribution in [0.25, 0.3) is 65.4 Å². The minimum atomic E-state index is -2.26. The number of nitrogens with zero attached hydrogens (tertiary/aromatic N) is 2. The molecule has 284 valence electrons. The van der Waals surface area contributed by atoms with E-state index in [1.807, 2.05) is 6.07 Å². The van der Waals surface area contributed by atoms with E-state index in [4.69, 9.17) is 4.42 Å². The molecule has 60 heavy (non-hydrogen) atoms. The number of fused-ring (bicyclic) bond motifs is 9. The van der Waals surface area contributed by atoms with Crippen LogP contribution in [0.4, 0.5) is 34.1 Å². The summed E-state index contributed by atoms with van der Waals surface area (Å²) in [5.41, 5.74) is 11.1. The molecule has 0 fully saturated rings. The lowest BCUT2D eigenvalue weighted by Gasteiger charge is -2.36. The SMILES string of the molecule is C[Si]1(C)c2cc(N(c3ccccc3)c3cccc4c3oc3ccccc34)ccc2-c2cc3c4ccccc4c(N(c4ccccc4)c4ccccc4)cc3c3cccc1c23. The van der Waals surface area contributed by atoms with Gasteiger partial charge < -0.3 is 14.2 Å². The van der Waals surface area contributed by atoms with Gasteiger partial charge in [0.05, 0.1) is 11.4 Å². The molecular formula is C56H40N2OSi. The third-order valence-corrected chi connectivity index (χ3v) is 16.3. The summed E-state index contributed by atoms with van der Waals surface area (Å²) in [7, 11) is -2.26. The van der Waals surface area contributed by atoms with Crippen molar-refractivity contribution < 1.29 is 4.42 Å². The van der Waals surface area contributed by atoms with E-state index in [-0.39, 0.29) is 0 Å². The van der Waals surface area contributed by atoms with Crippen LogP contribution in [0.15, 0.2) is 211 Å². The van der Waals surface area contributed by atoms with Crippen LogP contribution in [0.3, 0.4) is 0 Å². The molecule has 0 N–H and O–H groups in total. The van der Waals surface area contributed by atoms with E-state index < -0.39 is 8.07 Å². The van der Waals surface area contributed by atoms with Crippen molar-refractivity contribution in [3.8, 4) is 11.1 Å². The molecule has 1 aromatic heterocycles. The van der Waals surface area contributed by atoms with Crippen LogP contribution in [-0.2, 0) is 0 Å². The van der Waals surface area contributed by atoms with Gasteiger partial charge in [-0.15, -0.1) is 0 Å². The highest BCUT2D eigenvalue weighted by Crippen LogP contribution is 2.47. The van der Waals surface area contributed by atoms with Crippen LogP contribution in [0.1, 0.15) is 0 Å². The topological polar surface area (TPSA) is 19.6 Å². The molecule has 0 saturated heterocycles. The predicted molar refractivity (Wildman–Crippen MR) is 258 cm³/mol. The normalized spacial score (nSPS) is 13.0. The highest BCUT2D eigenvalue weighted by molar-refractivity contribution is 7.03. The Labute approximate surface area is 350 Å². The molecule has 0 saturated carbocycles. The Kier molecular flexibility index (Phi) is 7.68. The molecule has 0 bridgehead atoms. The van der Waals surface area contributed by atoms with Crippen LogP contribution in [0.2, 0.25) is 13.1 Å². The molecule has 10 aromatic carbocycles. The average Bonchev–Trinajstić information content (AvgIpc) is 3.69. The zero-order valence-corrected chi connectivity index (χ0v) is 34.4. The first-order valence-electron chi connectivity index (χ1n) is 20.8. The number of furan rings is 1. The fourth-order valence-electron chi connectivity index (χ4n) is 10.0. The number of para-hydroxylation sites is 5. The van der Waals surface area contributed by atoms with Gasteiger partial charge in [-0.3, -0.25) is 0 Å². The van der Waals surface area contributed by atoms with E-state index >= 15 is 0 Å². The second kappa shape index (κ2) is 13.3. The summed E-state index contributed by atoms with van der Waals surface area (Å²) in [6, 6.07) is 75.3. The van der Waals surface area contributed by atoms with Crippen LogP contribution in [0.5, 0.6) is 0 Å². The zero-order valence-electron chi connectivity index (χ0n) is 33.4. The summed E-state index contributed by atoms with van der Waals surface area (Å²) >= 11 is 0. The molecule has 0 radical (unpaired) electrons. The van der Waals surface area contributed by atoms with Gasteiger partial charge in [0.25, 0.3) is 0 Å². The van der Waals surface area contributed by atoms with Gasteiger partial charge in [0.2, 0.25) is 0 Å². The molecule has 12 rings (SSSR count). The molecule has 3 nitrogen and oxygen atoms in total. The molecule has 0 unspecified atom stereocenters. The van der Waals surface area contributed by atoms with Gasteiger partial charge in [-0.25, -0.2) is 0 Å². The standard InChI is InChI=1S/C56H40N2OSi/c1-60(2)53-31-17-27-45-48-36-51(57(37-18-6-3-7-19-37)38-20-8-4-9-21-38)42-25-13-12-24-41(42)47(48)35-49(55(45)53)44-33-32-40(34-54(44)60)58(39-22-10-5-11-23-39)50-29-16-28-46-43-26-14-15-30-52(43)59-56(46)50/h3-36H,1-2H3. The number of rotatable bonds is 6. The first kappa shape index (κ1) is 34.6. The van der Waals surface area contributed by atoms with Gasteiger partial charge >= 0.3 is 0 Å². The number of hydrogen-bond acceptors (Lipinski definition) is 3. The lowest BCUT2D eigenvalue weighted by molar-refractivity contribution is 0.669. The van der Waals surface area contributed by atoms with Crippen molar-refractivity contribution in [3.63, 3.8) is 0 Å². The van der Waals surface area contributed by atoms with E-state index in [1.165, 1.54) is 59.5 Å². The van der Waals surface area contributed by atoms with E-state index in [0.717, 1.165) is 50.4 Å². The summed E-state index contributed by atoms with van der Waals surface area (Å²) in [6.07, 6.45) is 0. The lowest BCUT2D eigenvalue weighted by atomic mass is 9.89. The molecule has 0 aliphatic carbocycles. The van der Waals surface area contributed by atoms with Crippen molar-refractivity contribution in [2.24, 2.45) is 0 Å². The number of hydrogen-bond donors (Lipinski definition) is 0. The number of anilines is 6. The first-order chi connectivity index (χ1) is 29.5. The minimum absolute atomic E-state index is 0.891. The van der Waals surface area contributed by atoms with Gasteiger partial charge in [0.15, 0.2) is 5.58 Å². The van der Waals surface area contributed by atoms with Gasteiger partial charge in [-0.2, -0.15) is 0 Å². The van der Waals surface area contributed by atoms with E-state index in [2.05, 4.69) is 223 Å². The van der Waals surface area contributed by atoms with Crippen molar-refractivity contribution in [2.75, 3.05) is 9.80 Å². The second-order valence-electron chi connectivity index (χ2n) is 16.5. The van der Waals surface area contributed by atoms with Crippen LogP contribution in [-0.4, -0.2) is 8.07 Å². The lowest BCUT2D eigenvalue weighted by Crippen LogP contribution is -2.56.